The van der Waals surface area contributed by atoms with Gasteiger partial charge in [0.2, 0.25) is 0 Å². The van der Waals surface area contributed by atoms with E-state index >= 15 is 0 Å². The van der Waals surface area contributed by atoms with Gasteiger partial charge in [0.1, 0.15) is 0 Å². The second-order valence-electron chi connectivity index (χ2n) is 5.55. The second kappa shape index (κ2) is 5.29. The quantitative estimate of drug-likeness (QED) is 0.847. The van der Waals surface area contributed by atoms with Gasteiger partial charge in [-0.05, 0) is 57.5 Å². The number of aryl methyl sites for hydroxylation is 1. The van der Waals surface area contributed by atoms with E-state index in [1.54, 1.807) is 0 Å². The predicted octanol–water partition coefficient (Wildman–Crippen LogP) is 2.31. The van der Waals surface area contributed by atoms with Gasteiger partial charge in [-0.2, -0.15) is 5.10 Å². The van der Waals surface area contributed by atoms with Crippen molar-refractivity contribution < 1.29 is 0 Å². The van der Waals surface area contributed by atoms with Crippen molar-refractivity contribution in [3.8, 4) is 0 Å². The van der Waals surface area contributed by atoms with E-state index in [2.05, 4.69) is 34.9 Å². The van der Waals surface area contributed by atoms with Crippen molar-refractivity contribution in [1.29, 1.82) is 0 Å². The molecule has 19 heavy (non-hydrogen) atoms. The maximum atomic E-state index is 4.65. The first-order valence-electron chi connectivity index (χ1n) is 7.30. The number of likely N-dealkylation sites (tertiary alicyclic amines) is 1. The Hall–Kier alpha value is -1.42. The molecule has 4 heteroatoms. The van der Waals surface area contributed by atoms with Crippen LogP contribution in [0.1, 0.15) is 31.3 Å². The van der Waals surface area contributed by atoms with Crippen molar-refractivity contribution >= 4 is 5.65 Å². The smallest absolute Gasteiger partial charge is 0.155 e. The highest BCUT2D eigenvalue weighted by molar-refractivity contribution is 5.38. The van der Waals surface area contributed by atoms with Gasteiger partial charge in [-0.25, -0.2) is 9.50 Å². The number of nitrogens with zero attached hydrogens (tertiary/aromatic N) is 4. The van der Waals surface area contributed by atoms with Crippen molar-refractivity contribution in [2.24, 2.45) is 5.92 Å². The molecule has 0 aromatic carbocycles. The Morgan fingerprint density at radius 2 is 2.05 bits per heavy atom. The number of pyridine rings is 1. The van der Waals surface area contributed by atoms with E-state index in [0.717, 1.165) is 29.5 Å². The lowest BCUT2D eigenvalue weighted by molar-refractivity contribution is 0.191. The molecule has 0 N–H and O–H groups in total. The molecule has 0 bridgehead atoms. The molecule has 2 aromatic rings. The molecule has 1 saturated heterocycles. The molecule has 0 spiro atoms. The molecule has 0 saturated carbocycles. The largest absolute Gasteiger partial charge is 0.304 e. The van der Waals surface area contributed by atoms with Crippen LogP contribution in [0.2, 0.25) is 0 Å². The van der Waals surface area contributed by atoms with Gasteiger partial charge in [-0.1, -0.05) is 13.0 Å². The van der Waals surface area contributed by atoms with Crippen LogP contribution in [0.4, 0.5) is 0 Å². The maximum absolute atomic E-state index is 4.65. The highest BCUT2D eigenvalue weighted by atomic mass is 15.3. The van der Waals surface area contributed by atoms with E-state index in [1.165, 1.54) is 32.5 Å². The van der Waals surface area contributed by atoms with E-state index in [0.29, 0.717) is 0 Å². The molecular weight excluding hydrogens is 236 g/mol. The normalized spacial score (nSPS) is 18.2. The highest BCUT2D eigenvalue weighted by Gasteiger charge is 2.20. The summed E-state index contributed by atoms with van der Waals surface area (Å²) in [7, 11) is 0. The van der Waals surface area contributed by atoms with Gasteiger partial charge < -0.3 is 4.90 Å². The van der Waals surface area contributed by atoms with Gasteiger partial charge in [-0.15, -0.1) is 0 Å². The molecule has 1 fully saturated rings. The molecule has 1 aliphatic rings. The van der Waals surface area contributed by atoms with Crippen LogP contribution < -0.4 is 0 Å². The number of aromatic nitrogens is 3. The van der Waals surface area contributed by atoms with Gasteiger partial charge in [0.25, 0.3) is 0 Å². The lowest BCUT2D eigenvalue weighted by Crippen LogP contribution is -2.34. The van der Waals surface area contributed by atoms with Crippen LogP contribution in [-0.2, 0) is 6.42 Å². The number of rotatable bonds is 3. The van der Waals surface area contributed by atoms with E-state index in [1.807, 2.05) is 16.6 Å². The Morgan fingerprint density at radius 3 is 2.74 bits per heavy atom. The van der Waals surface area contributed by atoms with Gasteiger partial charge in [0.15, 0.2) is 11.5 Å². The van der Waals surface area contributed by atoms with Crippen LogP contribution in [0.3, 0.4) is 0 Å². The van der Waals surface area contributed by atoms with Gasteiger partial charge in [0, 0.05) is 12.1 Å². The summed E-state index contributed by atoms with van der Waals surface area (Å²) in [5.41, 5.74) is 2.12. The number of hydrogen-bond acceptors (Lipinski definition) is 3. The zero-order valence-corrected chi connectivity index (χ0v) is 11.8. The van der Waals surface area contributed by atoms with Crippen LogP contribution >= 0.6 is 0 Å². The van der Waals surface area contributed by atoms with E-state index in [9.17, 15) is 0 Å². The third kappa shape index (κ3) is 2.63. The molecular formula is C15H22N4. The van der Waals surface area contributed by atoms with Gasteiger partial charge in [-0.3, -0.25) is 0 Å². The summed E-state index contributed by atoms with van der Waals surface area (Å²) < 4.78 is 1.95. The van der Waals surface area contributed by atoms with Crippen molar-refractivity contribution in [3.05, 3.63) is 29.7 Å². The topological polar surface area (TPSA) is 33.4 Å². The van der Waals surface area contributed by atoms with Crippen LogP contribution in [0, 0.1) is 12.8 Å². The van der Waals surface area contributed by atoms with Crippen LogP contribution in [0.25, 0.3) is 5.65 Å². The second-order valence-corrected chi connectivity index (χ2v) is 5.55. The zero-order chi connectivity index (χ0) is 13.2. The molecule has 2 aromatic heterocycles. The van der Waals surface area contributed by atoms with Gasteiger partial charge in [0.05, 0.1) is 0 Å². The fourth-order valence-electron chi connectivity index (χ4n) is 2.93. The fraction of sp³-hybridized carbons (Fsp3) is 0.600. The summed E-state index contributed by atoms with van der Waals surface area (Å²) in [6.45, 7) is 7.96. The van der Waals surface area contributed by atoms with Crippen LogP contribution in [-0.4, -0.2) is 39.1 Å². The molecule has 1 aliphatic heterocycles. The molecule has 0 aliphatic carbocycles. The standard InChI is InChI=1S/C15H22N4/c1-3-18-9-7-13(8-10-18)11-14-16-15-6-4-5-12(2)19(15)17-14/h4-6,13H,3,7-11H2,1-2H3. The summed E-state index contributed by atoms with van der Waals surface area (Å²) in [5, 5.41) is 4.64. The Kier molecular flexibility index (Phi) is 3.51. The summed E-state index contributed by atoms with van der Waals surface area (Å²) in [4.78, 5) is 7.17. The molecule has 0 amide bonds. The van der Waals surface area contributed by atoms with Gasteiger partial charge >= 0.3 is 0 Å². The van der Waals surface area contributed by atoms with Crippen molar-refractivity contribution in [3.63, 3.8) is 0 Å². The monoisotopic (exact) mass is 258 g/mol. The van der Waals surface area contributed by atoms with Crippen LogP contribution in [0.15, 0.2) is 18.2 Å². The Bertz CT molecular complexity index is 552. The Labute approximate surface area is 114 Å². The predicted molar refractivity (Wildman–Crippen MR) is 76.3 cm³/mol. The Morgan fingerprint density at radius 1 is 1.26 bits per heavy atom. The minimum absolute atomic E-state index is 0.750. The summed E-state index contributed by atoms with van der Waals surface area (Å²) in [6, 6.07) is 6.15. The highest BCUT2D eigenvalue weighted by Crippen LogP contribution is 2.20. The number of piperidine rings is 1. The third-order valence-electron chi connectivity index (χ3n) is 4.22. The maximum Gasteiger partial charge on any atom is 0.155 e. The van der Waals surface area contributed by atoms with Crippen LogP contribution in [0.5, 0.6) is 0 Å². The average Bonchev–Trinajstić information content (AvgIpc) is 2.84. The molecule has 3 rings (SSSR count). The zero-order valence-electron chi connectivity index (χ0n) is 11.8. The molecule has 0 unspecified atom stereocenters. The minimum Gasteiger partial charge on any atom is -0.304 e. The summed E-state index contributed by atoms with van der Waals surface area (Å²) >= 11 is 0. The third-order valence-corrected chi connectivity index (χ3v) is 4.22. The molecule has 3 heterocycles. The summed E-state index contributed by atoms with van der Waals surface area (Å²) in [6.07, 6.45) is 3.59. The first-order chi connectivity index (χ1) is 9.26. The molecule has 4 nitrogen and oxygen atoms in total. The lowest BCUT2D eigenvalue weighted by atomic mass is 9.93. The molecule has 0 radical (unpaired) electrons. The van der Waals surface area contributed by atoms with Crippen molar-refractivity contribution in [2.75, 3.05) is 19.6 Å². The summed E-state index contributed by atoms with van der Waals surface area (Å²) in [5.74, 6) is 1.75. The van der Waals surface area contributed by atoms with Crippen molar-refractivity contribution in [2.45, 2.75) is 33.1 Å². The number of hydrogen-bond donors (Lipinski definition) is 0. The van der Waals surface area contributed by atoms with Crippen molar-refractivity contribution in [1.82, 2.24) is 19.5 Å². The first-order valence-corrected chi connectivity index (χ1v) is 7.30. The Balaban J connectivity index is 1.70. The number of fused-ring (bicyclic) bond motifs is 1. The first kappa shape index (κ1) is 12.6. The van der Waals surface area contributed by atoms with E-state index in [-0.39, 0.29) is 0 Å². The average molecular weight is 258 g/mol. The molecule has 0 atom stereocenters. The van der Waals surface area contributed by atoms with E-state index in [4.69, 9.17) is 0 Å². The van der Waals surface area contributed by atoms with E-state index < -0.39 is 0 Å². The fourth-order valence-corrected chi connectivity index (χ4v) is 2.93. The SMILES string of the molecule is CCN1CCC(Cc2nc3cccc(C)n3n2)CC1. The minimum atomic E-state index is 0.750. The molecule has 102 valence electrons. The lowest BCUT2D eigenvalue weighted by Gasteiger charge is -2.30.